The van der Waals surface area contributed by atoms with Gasteiger partial charge in [0.05, 0.1) is 0 Å². The van der Waals surface area contributed by atoms with Gasteiger partial charge in [-0.1, -0.05) is 0 Å². The number of carbonyl (C=O) groups is 3. The number of aliphatic carboxylic acids is 2. The second kappa shape index (κ2) is 11.6. The fourth-order valence-electron chi connectivity index (χ4n) is 0.178. The standard InChI is InChI=1S/C4H6N2O3.C2H4O2.Cu/c1-3(7)6-5-2-4(8)9;1-2(3)4;/h2H,1H3,(H,6,7)(H,8,9);1H3,(H,3,4);/b5-2+;;. The quantitative estimate of drug-likeness (QED) is 0.341. The van der Waals surface area contributed by atoms with E-state index in [1.54, 1.807) is 0 Å². The molecular weight excluding hydrogens is 244 g/mol. The van der Waals surface area contributed by atoms with Gasteiger partial charge in [-0.05, 0) is 0 Å². The molecule has 0 aliphatic carbocycles. The topological polar surface area (TPSA) is 116 Å². The zero-order chi connectivity index (χ0) is 10.9. The Morgan fingerprint density at radius 2 is 1.57 bits per heavy atom. The summed E-state index contributed by atoms with van der Waals surface area (Å²) < 4.78 is 0. The third-order valence-corrected chi connectivity index (χ3v) is 0.397. The Labute approximate surface area is 90.7 Å². The number of hydrogen-bond donors (Lipinski definition) is 3. The van der Waals surface area contributed by atoms with Crippen molar-refractivity contribution in [3.8, 4) is 0 Å². The van der Waals surface area contributed by atoms with Crippen LogP contribution < -0.4 is 5.43 Å². The van der Waals surface area contributed by atoms with Crippen molar-refractivity contribution < 1.29 is 41.7 Å². The molecule has 1 amide bonds. The van der Waals surface area contributed by atoms with E-state index in [4.69, 9.17) is 15.0 Å². The first-order chi connectivity index (χ1) is 5.86. The number of hydrazone groups is 1. The Hall–Kier alpha value is -1.40. The van der Waals surface area contributed by atoms with Crippen LogP contribution in [0.2, 0.25) is 0 Å². The Bertz CT molecular complexity index is 224. The summed E-state index contributed by atoms with van der Waals surface area (Å²) in [6.07, 6.45) is 0.599. The van der Waals surface area contributed by atoms with Crippen molar-refractivity contribution in [1.29, 1.82) is 0 Å². The minimum Gasteiger partial charge on any atom is -0.481 e. The van der Waals surface area contributed by atoms with Gasteiger partial charge >= 0.3 is 5.97 Å². The molecule has 1 radical (unpaired) electrons. The van der Waals surface area contributed by atoms with E-state index in [0.717, 1.165) is 6.92 Å². The van der Waals surface area contributed by atoms with Crippen LogP contribution in [0.3, 0.4) is 0 Å². The van der Waals surface area contributed by atoms with Crippen molar-refractivity contribution in [3.63, 3.8) is 0 Å². The third-order valence-electron chi connectivity index (χ3n) is 0.397. The van der Waals surface area contributed by atoms with E-state index in [2.05, 4.69) is 5.10 Å². The van der Waals surface area contributed by atoms with Crippen molar-refractivity contribution >= 4 is 24.1 Å². The molecule has 3 N–H and O–H groups in total. The molecule has 0 aliphatic heterocycles. The Kier molecular flexibility index (Phi) is 15.2. The van der Waals surface area contributed by atoms with E-state index >= 15 is 0 Å². The van der Waals surface area contributed by atoms with E-state index < -0.39 is 17.8 Å². The number of carboxylic acids is 2. The number of nitrogens with zero attached hydrogens (tertiary/aromatic N) is 1. The number of carboxylic acid groups (broad SMARTS) is 2. The summed E-state index contributed by atoms with van der Waals surface area (Å²) in [6, 6.07) is 0. The second-order valence-electron chi connectivity index (χ2n) is 1.78. The smallest absolute Gasteiger partial charge is 0.348 e. The molecule has 0 saturated carbocycles. The monoisotopic (exact) mass is 253 g/mol. The number of carbonyl (C=O) groups excluding carboxylic acids is 1. The molecule has 0 unspecified atom stereocenters. The Balaban J connectivity index is -0.000000209. The van der Waals surface area contributed by atoms with Gasteiger partial charge in [0, 0.05) is 30.9 Å². The van der Waals surface area contributed by atoms with E-state index in [9.17, 15) is 9.59 Å². The molecule has 0 rings (SSSR count). The molecule has 0 saturated heterocycles. The van der Waals surface area contributed by atoms with Crippen LogP contribution in [0.1, 0.15) is 13.8 Å². The summed E-state index contributed by atoms with van der Waals surface area (Å²) in [5, 5.41) is 18.4. The molecule has 85 valence electrons. The zero-order valence-corrected chi connectivity index (χ0v) is 8.39. The first kappa shape index (κ1) is 18.4. The average molecular weight is 254 g/mol. The molecule has 0 bridgehead atoms. The van der Waals surface area contributed by atoms with Crippen molar-refractivity contribution in [2.75, 3.05) is 0 Å². The Morgan fingerprint density at radius 3 is 1.79 bits per heavy atom. The summed E-state index contributed by atoms with van der Waals surface area (Å²) in [6.45, 7) is 2.32. The average Bonchev–Trinajstić information content (AvgIpc) is 1.83. The van der Waals surface area contributed by atoms with Gasteiger partial charge < -0.3 is 10.2 Å². The molecule has 0 aromatic carbocycles. The SMILES string of the molecule is CC(=O)N/N=C/C(=O)O.CC(=O)O.[Cu]. The normalized spacial score (nSPS) is 7.86. The fourth-order valence-corrected chi connectivity index (χ4v) is 0.178. The maximum Gasteiger partial charge on any atom is 0.348 e. The van der Waals surface area contributed by atoms with Crippen LogP contribution in [0.5, 0.6) is 0 Å². The molecule has 7 nitrogen and oxygen atoms in total. The summed E-state index contributed by atoms with van der Waals surface area (Å²) in [5.41, 5.74) is 1.93. The van der Waals surface area contributed by atoms with Gasteiger partial charge in [0.15, 0.2) is 0 Å². The molecule has 0 aromatic rings. The summed E-state index contributed by atoms with van der Waals surface area (Å²) in [7, 11) is 0. The molecule has 0 fully saturated rings. The second-order valence-corrected chi connectivity index (χ2v) is 1.78. The predicted octanol–water partition coefficient (Wildman–Crippen LogP) is -0.719. The summed E-state index contributed by atoms with van der Waals surface area (Å²) in [4.78, 5) is 28.7. The van der Waals surface area contributed by atoms with E-state index in [1.165, 1.54) is 6.92 Å². The largest absolute Gasteiger partial charge is 0.481 e. The molecule has 0 aliphatic rings. The predicted molar refractivity (Wildman–Crippen MR) is 43.3 cm³/mol. The van der Waals surface area contributed by atoms with Crippen LogP contribution in [-0.2, 0) is 31.5 Å². The van der Waals surface area contributed by atoms with Gasteiger partial charge in [0.25, 0.3) is 5.97 Å². The maximum absolute atomic E-state index is 10.0. The molecule has 0 spiro atoms. The van der Waals surface area contributed by atoms with E-state index in [0.29, 0.717) is 6.21 Å². The van der Waals surface area contributed by atoms with Gasteiger partial charge in [0.2, 0.25) is 5.91 Å². The molecule has 0 aromatic heterocycles. The zero-order valence-electron chi connectivity index (χ0n) is 7.45. The molecule has 0 atom stereocenters. The number of rotatable bonds is 2. The molecular formula is C6H10CuN2O5. The van der Waals surface area contributed by atoms with Crippen LogP contribution in [0, 0.1) is 0 Å². The first-order valence-electron chi connectivity index (χ1n) is 3.08. The number of hydrogen-bond acceptors (Lipinski definition) is 4. The third kappa shape index (κ3) is 46.2. The van der Waals surface area contributed by atoms with Gasteiger partial charge in [-0.15, -0.1) is 0 Å². The maximum atomic E-state index is 10.0. The van der Waals surface area contributed by atoms with Crippen LogP contribution in [0.4, 0.5) is 0 Å². The van der Waals surface area contributed by atoms with Crippen LogP contribution in [0.25, 0.3) is 0 Å². The number of nitrogens with one attached hydrogen (secondary N) is 1. The summed E-state index contributed by atoms with van der Waals surface area (Å²) in [5.74, 6) is -2.42. The fraction of sp³-hybridized carbons (Fsp3) is 0.333. The minimum absolute atomic E-state index is 0. The van der Waals surface area contributed by atoms with Crippen LogP contribution >= 0.6 is 0 Å². The van der Waals surface area contributed by atoms with Gasteiger partial charge in [-0.3, -0.25) is 9.59 Å². The van der Waals surface area contributed by atoms with Crippen molar-refractivity contribution in [1.82, 2.24) is 5.43 Å². The Morgan fingerprint density at radius 1 is 1.21 bits per heavy atom. The molecule has 14 heavy (non-hydrogen) atoms. The minimum atomic E-state index is -1.19. The first-order valence-corrected chi connectivity index (χ1v) is 3.08. The number of amides is 1. The van der Waals surface area contributed by atoms with Crippen molar-refractivity contribution in [2.24, 2.45) is 5.10 Å². The van der Waals surface area contributed by atoms with Crippen molar-refractivity contribution in [3.05, 3.63) is 0 Å². The van der Waals surface area contributed by atoms with Gasteiger partial charge in [0.1, 0.15) is 6.21 Å². The summed E-state index contributed by atoms with van der Waals surface area (Å²) >= 11 is 0. The van der Waals surface area contributed by atoms with Crippen LogP contribution in [-0.4, -0.2) is 34.3 Å². The molecule has 8 heteroatoms. The van der Waals surface area contributed by atoms with E-state index in [-0.39, 0.29) is 17.1 Å². The van der Waals surface area contributed by atoms with Crippen LogP contribution in [0.15, 0.2) is 5.10 Å². The van der Waals surface area contributed by atoms with Gasteiger partial charge in [-0.2, -0.15) is 5.10 Å². The van der Waals surface area contributed by atoms with Crippen molar-refractivity contribution in [2.45, 2.75) is 13.8 Å². The van der Waals surface area contributed by atoms with Gasteiger partial charge in [-0.25, -0.2) is 10.2 Å². The van der Waals surface area contributed by atoms with E-state index in [1.807, 2.05) is 5.43 Å². The molecule has 0 heterocycles.